The van der Waals surface area contributed by atoms with Crippen molar-refractivity contribution in [1.29, 1.82) is 0 Å². The van der Waals surface area contributed by atoms with Crippen molar-refractivity contribution in [3.63, 3.8) is 0 Å². The molecule has 1 aromatic carbocycles. The molecule has 3 rings (SSSR count). The van der Waals surface area contributed by atoms with Crippen molar-refractivity contribution in [3.05, 3.63) is 40.4 Å². The molecule has 0 bridgehead atoms. The van der Waals surface area contributed by atoms with Crippen LogP contribution >= 0.6 is 11.3 Å². The van der Waals surface area contributed by atoms with Gasteiger partial charge in [0.1, 0.15) is 5.75 Å². The van der Waals surface area contributed by atoms with E-state index in [4.69, 9.17) is 4.74 Å². The SMILES string of the molecule is Cc1nc(NC2CCOc3ccccc32)sc1C. The lowest BCUT2D eigenvalue weighted by Crippen LogP contribution is -2.20. The van der Waals surface area contributed by atoms with E-state index in [1.165, 1.54) is 10.4 Å². The van der Waals surface area contributed by atoms with Crippen LogP contribution in [0, 0.1) is 13.8 Å². The Morgan fingerprint density at radius 2 is 2.17 bits per heavy atom. The molecule has 1 aliphatic heterocycles. The Kier molecular flexibility index (Phi) is 2.96. The third-order valence-electron chi connectivity index (χ3n) is 3.28. The van der Waals surface area contributed by atoms with Crippen molar-refractivity contribution in [2.75, 3.05) is 11.9 Å². The van der Waals surface area contributed by atoms with Crippen molar-refractivity contribution in [2.24, 2.45) is 0 Å². The molecule has 0 aliphatic carbocycles. The van der Waals surface area contributed by atoms with Crippen LogP contribution in [0.1, 0.15) is 28.6 Å². The Labute approximate surface area is 111 Å². The highest BCUT2D eigenvalue weighted by molar-refractivity contribution is 7.15. The van der Waals surface area contributed by atoms with Gasteiger partial charge in [-0.15, -0.1) is 11.3 Å². The number of fused-ring (bicyclic) bond motifs is 1. The monoisotopic (exact) mass is 260 g/mol. The maximum absolute atomic E-state index is 5.66. The Morgan fingerprint density at radius 1 is 1.33 bits per heavy atom. The second-order valence-electron chi connectivity index (χ2n) is 4.53. The number of nitrogens with one attached hydrogen (secondary N) is 1. The number of benzene rings is 1. The number of para-hydroxylation sites is 1. The molecule has 2 heterocycles. The molecule has 1 aromatic heterocycles. The quantitative estimate of drug-likeness (QED) is 0.894. The van der Waals surface area contributed by atoms with Gasteiger partial charge in [-0.3, -0.25) is 0 Å². The molecule has 0 radical (unpaired) electrons. The summed E-state index contributed by atoms with van der Waals surface area (Å²) in [4.78, 5) is 5.82. The second kappa shape index (κ2) is 4.61. The standard InChI is InChI=1S/C14H16N2OS/c1-9-10(2)18-14(15-9)16-12-7-8-17-13-6-4-3-5-11(12)13/h3-6,12H,7-8H2,1-2H3,(H,15,16). The Bertz CT molecular complexity index is 545. The van der Waals surface area contributed by atoms with Crippen molar-refractivity contribution in [3.8, 4) is 5.75 Å². The number of hydrogen-bond donors (Lipinski definition) is 1. The van der Waals surface area contributed by atoms with Crippen molar-refractivity contribution < 1.29 is 4.74 Å². The fourth-order valence-corrected chi connectivity index (χ4v) is 3.04. The van der Waals surface area contributed by atoms with Gasteiger partial charge in [0, 0.05) is 16.9 Å². The molecule has 0 spiro atoms. The van der Waals surface area contributed by atoms with Gasteiger partial charge < -0.3 is 10.1 Å². The van der Waals surface area contributed by atoms with Gasteiger partial charge in [0.2, 0.25) is 0 Å². The average Bonchev–Trinajstić information content (AvgIpc) is 2.69. The van der Waals surface area contributed by atoms with Crippen LogP contribution < -0.4 is 10.1 Å². The molecule has 0 fully saturated rings. The third-order valence-corrected chi connectivity index (χ3v) is 4.29. The first-order valence-electron chi connectivity index (χ1n) is 6.16. The van der Waals surface area contributed by atoms with Crippen LogP contribution in [-0.4, -0.2) is 11.6 Å². The molecule has 18 heavy (non-hydrogen) atoms. The minimum atomic E-state index is 0.305. The Hall–Kier alpha value is -1.55. The molecule has 4 heteroatoms. The molecule has 0 amide bonds. The summed E-state index contributed by atoms with van der Waals surface area (Å²) < 4.78 is 5.66. The lowest BCUT2D eigenvalue weighted by Gasteiger charge is -2.26. The fourth-order valence-electron chi connectivity index (χ4n) is 2.18. The number of hydrogen-bond acceptors (Lipinski definition) is 4. The van der Waals surface area contributed by atoms with Gasteiger partial charge in [-0.1, -0.05) is 18.2 Å². The first-order chi connectivity index (χ1) is 8.74. The Morgan fingerprint density at radius 3 is 2.94 bits per heavy atom. The number of aromatic nitrogens is 1. The number of rotatable bonds is 2. The summed E-state index contributed by atoms with van der Waals surface area (Å²) in [6.45, 7) is 4.92. The first kappa shape index (κ1) is 11.5. The van der Waals surface area contributed by atoms with E-state index >= 15 is 0 Å². The van der Waals surface area contributed by atoms with Crippen LogP contribution in [0.25, 0.3) is 0 Å². The molecule has 94 valence electrons. The maximum Gasteiger partial charge on any atom is 0.183 e. The van der Waals surface area contributed by atoms with E-state index in [9.17, 15) is 0 Å². The van der Waals surface area contributed by atoms with E-state index in [1.54, 1.807) is 11.3 Å². The van der Waals surface area contributed by atoms with Crippen LogP contribution in [-0.2, 0) is 0 Å². The molecule has 3 nitrogen and oxygen atoms in total. The van der Waals surface area contributed by atoms with Crippen LogP contribution in [0.2, 0.25) is 0 Å². The van der Waals surface area contributed by atoms with Crippen molar-refractivity contribution in [2.45, 2.75) is 26.3 Å². The number of nitrogens with zero attached hydrogens (tertiary/aromatic N) is 1. The average molecular weight is 260 g/mol. The highest BCUT2D eigenvalue weighted by Crippen LogP contribution is 2.35. The highest BCUT2D eigenvalue weighted by Gasteiger charge is 2.21. The van der Waals surface area contributed by atoms with Crippen LogP contribution in [0.15, 0.2) is 24.3 Å². The van der Waals surface area contributed by atoms with Gasteiger partial charge in [-0.05, 0) is 19.9 Å². The van der Waals surface area contributed by atoms with E-state index in [2.05, 4.69) is 36.3 Å². The predicted octanol–water partition coefficient (Wildman–Crippen LogP) is 3.70. The van der Waals surface area contributed by atoms with Crippen LogP contribution in [0.3, 0.4) is 0 Å². The molecular formula is C14H16N2OS. The van der Waals surface area contributed by atoms with E-state index in [1.807, 2.05) is 12.1 Å². The molecular weight excluding hydrogens is 244 g/mol. The van der Waals surface area contributed by atoms with Crippen molar-refractivity contribution in [1.82, 2.24) is 4.98 Å². The molecule has 1 N–H and O–H groups in total. The lowest BCUT2D eigenvalue weighted by molar-refractivity contribution is 0.274. The summed E-state index contributed by atoms with van der Waals surface area (Å²) in [6, 6.07) is 8.53. The third kappa shape index (κ3) is 2.08. The molecule has 2 aromatic rings. The van der Waals surface area contributed by atoms with Crippen molar-refractivity contribution >= 4 is 16.5 Å². The maximum atomic E-state index is 5.66. The Balaban J connectivity index is 1.86. The predicted molar refractivity (Wildman–Crippen MR) is 74.5 cm³/mol. The minimum absolute atomic E-state index is 0.305. The van der Waals surface area contributed by atoms with Crippen LogP contribution in [0.5, 0.6) is 5.75 Å². The van der Waals surface area contributed by atoms with Gasteiger partial charge in [0.25, 0.3) is 0 Å². The van der Waals surface area contributed by atoms with Gasteiger partial charge in [0.15, 0.2) is 5.13 Å². The summed E-state index contributed by atoms with van der Waals surface area (Å²) in [5.41, 5.74) is 2.34. The van der Waals surface area contributed by atoms with Gasteiger partial charge in [0.05, 0.1) is 18.3 Å². The normalized spacial score (nSPS) is 18.0. The largest absolute Gasteiger partial charge is 0.493 e. The lowest BCUT2D eigenvalue weighted by atomic mass is 10.0. The molecule has 1 atom stereocenters. The van der Waals surface area contributed by atoms with Crippen LogP contribution in [0.4, 0.5) is 5.13 Å². The number of ether oxygens (including phenoxy) is 1. The molecule has 1 aliphatic rings. The zero-order chi connectivity index (χ0) is 12.5. The van der Waals surface area contributed by atoms with E-state index in [0.717, 1.165) is 29.6 Å². The smallest absolute Gasteiger partial charge is 0.183 e. The zero-order valence-electron chi connectivity index (χ0n) is 10.6. The zero-order valence-corrected chi connectivity index (χ0v) is 11.4. The van der Waals surface area contributed by atoms with Gasteiger partial charge in [-0.25, -0.2) is 4.98 Å². The van der Waals surface area contributed by atoms with Gasteiger partial charge in [-0.2, -0.15) is 0 Å². The molecule has 0 saturated carbocycles. The fraction of sp³-hybridized carbons (Fsp3) is 0.357. The van der Waals surface area contributed by atoms with E-state index in [0.29, 0.717) is 6.04 Å². The minimum Gasteiger partial charge on any atom is -0.493 e. The summed E-state index contributed by atoms with van der Waals surface area (Å²) in [7, 11) is 0. The second-order valence-corrected chi connectivity index (χ2v) is 5.74. The highest BCUT2D eigenvalue weighted by atomic mass is 32.1. The summed E-state index contributed by atoms with van der Waals surface area (Å²) in [5, 5.41) is 4.53. The summed E-state index contributed by atoms with van der Waals surface area (Å²) in [5.74, 6) is 0.992. The van der Waals surface area contributed by atoms with E-state index in [-0.39, 0.29) is 0 Å². The van der Waals surface area contributed by atoms with Gasteiger partial charge >= 0.3 is 0 Å². The topological polar surface area (TPSA) is 34.2 Å². The number of anilines is 1. The molecule has 1 unspecified atom stereocenters. The van der Waals surface area contributed by atoms with E-state index < -0.39 is 0 Å². The number of aryl methyl sites for hydroxylation is 2. The number of thiazole rings is 1. The first-order valence-corrected chi connectivity index (χ1v) is 6.98. The molecule has 0 saturated heterocycles. The summed E-state index contributed by atoms with van der Waals surface area (Å²) >= 11 is 1.72. The summed E-state index contributed by atoms with van der Waals surface area (Å²) in [6.07, 6.45) is 0.981.